The van der Waals surface area contributed by atoms with E-state index in [1.165, 1.54) is 16.4 Å². The van der Waals surface area contributed by atoms with Crippen molar-refractivity contribution >= 4 is 46.6 Å². The second kappa shape index (κ2) is 6.43. The van der Waals surface area contributed by atoms with Gasteiger partial charge in [0.25, 0.3) is 0 Å². The standard InChI is InChI=1S/C11H11Cl2N5OS/c1-6(20-11-15-16-17-18(11)2)10(19)14-9-7(12)4-3-5-8(9)13/h3-6H,1-2H3,(H,14,19). The minimum Gasteiger partial charge on any atom is -0.323 e. The van der Waals surface area contributed by atoms with Crippen LogP contribution in [0.2, 0.25) is 10.0 Å². The van der Waals surface area contributed by atoms with Crippen molar-refractivity contribution in [2.24, 2.45) is 7.05 Å². The van der Waals surface area contributed by atoms with Gasteiger partial charge in [-0.05, 0) is 29.5 Å². The Morgan fingerprint density at radius 3 is 2.60 bits per heavy atom. The molecule has 106 valence electrons. The summed E-state index contributed by atoms with van der Waals surface area (Å²) in [7, 11) is 1.71. The molecule has 0 bridgehead atoms. The monoisotopic (exact) mass is 331 g/mol. The van der Waals surface area contributed by atoms with Gasteiger partial charge in [0.2, 0.25) is 11.1 Å². The summed E-state index contributed by atoms with van der Waals surface area (Å²) in [6.45, 7) is 1.75. The average molecular weight is 332 g/mol. The van der Waals surface area contributed by atoms with Gasteiger partial charge in [-0.15, -0.1) is 5.10 Å². The number of carbonyl (C=O) groups excluding carboxylic acids is 1. The predicted octanol–water partition coefficient (Wildman–Crippen LogP) is 2.64. The van der Waals surface area contributed by atoms with Crippen molar-refractivity contribution in [1.29, 1.82) is 0 Å². The largest absolute Gasteiger partial charge is 0.323 e. The molecule has 1 amide bonds. The molecule has 0 aliphatic heterocycles. The number of anilines is 1. The number of tetrazole rings is 1. The number of amides is 1. The van der Waals surface area contributed by atoms with Crippen molar-refractivity contribution < 1.29 is 4.79 Å². The van der Waals surface area contributed by atoms with E-state index in [1.807, 2.05) is 0 Å². The lowest BCUT2D eigenvalue weighted by Crippen LogP contribution is -2.23. The lowest BCUT2D eigenvalue weighted by Gasteiger charge is -2.13. The van der Waals surface area contributed by atoms with Crippen LogP contribution in [0.5, 0.6) is 0 Å². The van der Waals surface area contributed by atoms with E-state index < -0.39 is 5.25 Å². The summed E-state index contributed by atoms with van der Waals surface area (Å²) in [5.74, 6) is -0.229. The maximum atomic E-state index is 12.1. The second-order valence-electron chi connectivity index (χ2n) is 3.93. The fraction of sp³-hybridized carbons (Fsp3) is 0.273. The van der Waals surface area contributed by atoms with Gasteiger partial charge in [-0.3, -0.25) is 4.79 Å². The van der Waals surface area contributed by atoms with Crippen LogP contribution in [0.25, 0.3) is 0 Å². The molecule has 2 aromatic rings. The van der Waals surface area contributed by atoms with Crippen LogP contribution in [0.4, 0.5) is 5.69 Å². The highest BCUT2D eigenvalue weighted by molar-refractivity contribution is 8.00. The zero-order valence-electron chi connectivity index (χ0n) is 10.7. The highest BCUT2D eigenvalue weighted by Crippen LogP contribution is 2.30. The number of para-hydroxylation sites is 1. The summed E-state index contributed by atoms with van der Waals surface area (Å²) in [6.07, 6.45) is 0. The van der Waals surface area contributed by atoms with Crippen LogP contribution in [-0.4, -0.2) is 31.4 Å². The van der Waals surface area contributed by atoms with E-state index in [0.717, 1.165) is 0 Å². The number of hydrogen-bond donors (Lipinski definition) is 1. The number of nitrogens with zero attached hydrogens (tertiary/aromatic N) is 4. The number of rotatable bonds is 4. The highest BCUT2D eigenvalue weighted by atomic mass is 35.5. The first-order valence-corrected chi connectivity index (χ1v) is 7.26. The zero-order valence-corrected chi connectivity index (χ0v) is 13.0. The molecular formula is C11H11Cl2N5OS. The molecule has 1 aromatic carbocycles. The Balaban J connectivity index is 2.06. The number of aryl methyl sites for hydroxylation is 1. The van der Waals surface area contributed by atoms with E-state index in [2.05, 4.69) is 20.8 Å². The van der Waals surface area contributed by atoms with Gasteiger partial charge in [-0.2, -0.15) is 0 Å². The van der Waals surface area contributed by atoms with Crippen LogP contribution in [0.1, 0.15) is 6.92 Å². The molecule has 0 aliphatic carbocycles. The van der Waals surface area contributed by atoms with Gasteiger partial charge in [0.1, 0.15) is 0 Å². The molecule has 1 unspecified atom stereocenters. The Hall–Kier alpha value is -1.31. The van der Waals surface area contributed by atoms with Gasteiger partial charge >= 0.3 is 0 Å². The van der Waals surface area contributed by atoms with Crippen molar-refractivity contribution in [3.05, 3.63) is 28.2 Å². The van der Waals surface area contributed by atoms with Crippen molar-refractivity contribution in [3.8, 4) is 0 Å². The fourth-order valence-electron chi connectivity index (χ4n) is 1.37. The first kappa shape index (κ1) is 15.1. The quantitative estimate of drug-likeness (QED) is 0.872. The first-order valence-electron chi connectivity index (χ1n) is 5.63. The minimum atomic E-state index is -0.396. The SMILES string of the molecule is CC(Sc1nnnn1C)C(=O)Nc1c(Cl)cccc1Cl. The van der Waals surface area contributed by atoms with E-state index in [9.17, 15) is 4.79 Å². The van der Waals surface area contributed by atoms with Crippen molar-refractivity contribution in [2.75, 3.05) is 5.32 Å². The molecule has 0 fully saturated rings. The maximum Gasteiger partial charge on any atom is 0.237 e. The molecule has 2 rings (SSSR count). The molecular weight excluding hydrogens is 321 g/mol. The van der Waals surface area contributed by atoms with Crippen molar-refractivity contribution in [1.82, 2.24) is 20.2 Å². The summed E-state index contributed by atoms with van der Waals surface area (Å²) >= 11 is 13.3. The Labute approximate surface area is 129 Å². The average Bonchev–Trinajstić information content (AvgIpc) is 2.79. The van der Waals surface area contributed by atoms with E-state index in [1.54, 1.807) is 32.2 Å². The van der Waals surface area contributed by atoms with Gasteiger partial charge in [-0.25, -0.2) is 4.68 Å². The van der Waals surface area contributed by atoms with Crippen LogP contribution >= 0.6 is 35.0 Å². The van der Waals surface area contributed by atoms with Crippen LogP contribution in [0, 0.1) is 0 Å². The Morgan fingerprint density at radius 2 is 2.05 bits per heavy atom. The Morgan fingerprint density at radius 1 is 1.40 bits per heavy atom. The smallest absolute Gasteiger partial charge is 0.237 e. The van der Waals surface area contributed by atoms with Gasteiger partial charge in [0.15, 0.2) is 0 Å². The number of benzene rings is 1. The summed E-state index contributed by atoms with van der Waals surface area (Å²) in [6, 6.07) is 5.03. The Kier molecular flexibility index (Phi) is 4.85. The number of hydrogen-bond acceptors (Lipinski definition) is 5. The van der Waals surface area contributed by atoms with Crippen LogP contribution < -0.4 is 5.32 Å². The molecule has 0 radical (unpaired) electrons. The van der Waals surface area contributed by atoms with E-state index in [-0.39, 0.29) is 5.91 Å². The fourth-order valence-corrected chi connectivity index (χ4v) is 2.62. The molecule has 0 saturated carbocycles. The van der Waals surface area contributed by atoms with Crippen LogP contribution in [-0.2, 0) is 11.8 Å². The number of halogens is 2. The Bertz CT molecular complexity index is 613. The van der Waals surface area contributed by atoms with Crippen LogP contribution in [0.3, 0.4) is 0 Å². The molecule has 9 heteroatoms. The maximum absolute atomic E-state index is 12.1. The third kappa shape index (κ3) is 3.41. The summed E-state index contributed by atoms with van der Waals surface area (Å²) in [5, 5.41) is 14.7. The van der Waals surface area contributed by atoms with Crippen molar-refractivity contribution in [3.63, 3.8) is 0 Å². The number of thioether (sulfide) groups is 1. The van der Waals surface area contributed by atoms with Gasteiger partial charge in [-0.1, -0.05) is 41.0 Å². The van der Waals surface area contributed by atoms with Gasteiger partial charge in [0, 0.05) is 7.05 Å². The molecule has 1 N–H and O–H groups in total. The molecule has 20 heavy (non-hydrogen) atoms. The molecule has 6 nitrogen and oxygen atoms in total. The third-order valence-corrected chi connectivity index (χ3v) is 4.20. The van der Waals surface area contributed by atoms with E-state index in [4.69, 9.17) is 23.2 Å². The van der Waals surface area contributed by atoms with E-state index >= 15 is 0 Å². The van der Waals surface area contributed by atoms with Crippen LogP contribution in [0.15, 0.2) is 23.4 Å². The second-order valence-corrected chi connectivity index (χ2v) is 6.05. The normalized spacial score (nSPS) is 12.2. The minimum absolute atomic E-state index is 0.229. The zero-order chi connectivity index (χ0) is 14.7. The summed E-state index contributed by atoms with van der Waals surface area (Å²) in [4.78, 5) is 12.1. The number of nitrogens with one attached hydrogen (secondary N) is 1. The first-order chi connectivity index (χ1) is 9.49. The molecule has 0 aliphatic rings. The number of carbonyl (C=O) groups is 1. The molecule has 0 saturated heterocycles. The summed E-state index contributed by atoms with van der Waals surface area (Å²) < 4.78 is 1.50. The predicted molar refractivity (Wildman–Crippen MR) is 79.2 cm³/mol. The highest BCUT2D eigenvalue weighted by Gasteiger charge is 2.19. The molecule has 1 atom stereocenters. The lowest BCUT2D eigenvalue weighted by atomic mass is 10.3. The van der Waals surface area contributed by atoms with Crippen molar-refractivity contribution in [2.45, 2.75) is 17.3 Å². The lowest BCUT2D eigenvalue weighted by molar-refractivity contribution is -0.115. The molecule has 1 heterocycles. The van der Waals surface area contributed by atoms with E-state index in [0.29, 0.717) is 20.9 Å². The van der Waals surface area contributed by atoms with Gasteiger partial charge in [0.05, 0.1) is 21.0 Å². The number of aromatic nitrogens is 4. The third-order valence-electron chi connectivity index (χ3n) is 2.44. The summed E-state index contributed by atoms with van der Waals surface area (Å²) in [5.41, 5.74) is 0.407. The molecule has 0 spiro atoms. The topological polar surface area (TPSA) is 72.7 Å². The van der Waals surface area contributed by atoms with Gasteiger partial charge < -0.3 is 5.32 Å². The molecule has 1 aromatic heterocycles.